The molecule has 0 aromatic carbocycles. The zero-order chi connectivity index (χ0) is 6.24. The zero-order valence-corrected chi connectivity index (χ0v) is 4.59. The first-order valence-electron chi connectivity index (χ1n) is 2.39. The molecule has 0 aromatic heterocycles. The van der Waals surface area contributed by atoms with Crippen LogP contribution >= 0.6 is 0 Å². The Balaban J connectivity index is 2.94. The van der Waals surface area contributed by atoms with E-state index in [4.69, 9.17) is 0 Å². The van der Waals surface area contributed by atoms with Crippen molar-refractivity contribution in [1.29, 1.82) is 0 Å². The Morgan fingerprint density at radius 2 is 2.50 bits per heavy atom. The van der Waals surface area contributed by atoms with Crippen molar-refractivity contribution in [3.05, 3.63) is 19.3 Å². The lowest BCUT2D eigenvalue weighted by molar-refractivity contribution is 0.397. The third-order valence-corrected chi connectivity index (χ3v) is 0.583. The lowest BCUT2D eigenvalue weighted by Gasteiger charge is -1.81. The highest BCUT2D eigenvalue weighted by Crippen LogP contribution is 1.86. The summed E-state index contributed by atoms with van der Waals surface area (Å²) in [5.41, 5.74) is 0. The molecule has 0 aliphatic heterocycles. The standard InChI is InChI=1S/C6H8O2/c1-2-3-4-5-8-6-7/h4-5H,1-3H2. The van der Waals surface area contributed by atoms with Crippen LogP contribution in [0.15, 0.2) is 12.3 Å². The molecule has 2 heteroatoms. The molecule has 0 saturated heterocycles. The van der Waals surface area contributed by atoms with E-state index in [1.807, 2.05) is 0 Å². The van der Waals surface area contributed by atoms with Crippen LogP contribution in [0.25, 0.3) is 0 Å². The summed E-state index contributed by atoms with van der Waals surface area (Å²) in [6.45, 7) is 4.85. The summed E-state index contributed by atoms with van der Waals surface area (Å²) in [5.74, 6) is 0. The second-order valence-corrected chi connectivity index (χ2v) is 1.22. The highest BCUT2D eigenvalue weighted by atomic mass is 16.5. The largest absolute Gasteiger partial charge is 0.426 e. The lowest BCUT2D eigenvalue weighted by Crippen LogP contribution is -1.71. The first-order chi connectivity index (χ1) is 3.91. The molecule has 0 atom stereocenters. The smallest absolute Gasteiger partial charge is 0.422 e. The second-order valence-electron chi connectivity index (χ2n) is 1.22. The van der Waals surface area contributed by atoms with Gasteiger partial charge in [-0.25, -0.2) is 4.79 Å². The van der Waals surface area contributed by atoms with E-state index in [9.17, 15) is 4.79 Å². The van der Waals surface area contributed by atoms with E-state index in [0.717, 1.165) is 12.8 Å². The molecule has 0 aliphatic rings. The summed E-state index contributed by atoms with van der Waals surface area (Å²) < 4.78 is 4.12. The van der Waals surface area contributed by atoms with Gasteiger partial charge in [0, 0.05) is 0 Å². The molecule has 0 N–H and O–H groups in total. The number of rotatable bonds is 4. The van der Waals surface area contributed by atoms with Crippen molar-refractivity contribution in [3.63, 3.8) is 0 Å². The van der Waals surface area contributed by atoms with Gasteiger partial charge in [-0.05, 0) is 18.9 Å². The molecule has 2 radical (unpaired) electrons. The van der Waals surface area contributed by atoms with Crippen molar-refractivity contribution in [3.8, 4) is 0 Å². The summed E-state index contributed by atoms with van der Waals surface area (Å²) >= 11 is 0. The Labute approximate surface area is 49.1 Å². The fourth-order valence-electron chi connectivity index (χ4n) is 0.262. The van der Waals surface area contributed by atoms with Crippen LogP contribution in [0.2, 0.25) is 0 Å². The van der Waals surface area contributed by atoms with Crippen molar-refractivity contribution in [2.24, 2.45) is 0 Å². The number of carbonyl (C=O) groups excluding carboxylic acids is 1. The normalized spacial score (nSPS) is 9.62. The number of hydrogen-bond acceptors (Lipinski definition) is 2. The minimum atomic E-state index is 0.818. The summed E-state index contributed by atoms with van der Waals surface area (Å²) in [7, 11) is 0. The van der Waals surface area contributed by atoms with Crippen LogP contribution in [-0.4, -0.2) is 6.47 Å². The van der Waals surface area contributed by atoms with Gasteiger partial charge in [-0.1, -0.05) is 6.92 Å². The van der Waals surface area contributed by atoms with Crippen LogP contribution < -0.4 is 0 Å². The topological polar surface area (TPSA) is 26.3 Å². The predicted octanol–water partition coefficient (Wildman–Crippen LogP) is 1.20. The first-order valence-corrected chi connectivity index (χ1v) is 2.39. The molecule has 0 heterocycles. The van der Waals surface area contributed by atoms with Gasteiger partial charge in [-0.15, -0.1) is 0 Å². The maximum atomic E-state index is 9.35. The second kappa shape index (κ2) is 6.21. The van der Waals surface area contributed by atoms with Gasteiger partial charge in [-0.3, -0.25) is 0 Å². The molecule has 0 rings (SSSR count). The minimum absolute atomic E-state index is 0.818. The Morgan fingerprint density at radius 3 is 3.00 bits per heavy atom. The van der Waals surface area contributed by atoms with Gasteiger partial charge in [0.15, 0.2) is 0 Å². The van der Waals surface area contributed by atoms with Gasteiger partial charge >= 0.3 is 6.47 Å². The van der Waals surface area contributed by atoms with Gasteiger partial charge < -0.3 is 4.74 Å². The monoisotopic (exact) mass is 112 g/mol. The molecule has 0 saturated carbocycles. The van der Waals surface area contributed by atoms with Gasteiger partial charge in [0.2, 0.25) is 0 Å². The molecule has 8 heavy (non-hydrogen) atoms. The lowest BCUT2D eigenvalue weighted by atomic mass is 10.3. The summed E-state index contributed by atoms with van der Waals surface area (Å²) in [6.07, 6.45) is 4.68. The Kier molecular flexibility index (Phi) is 5.60. The van der Waals surface area contributed by atoms with Gasteiger partial charge in [0.05, 0.1) is 6.26 Å². The van der Waals surface area contributed by atoms with Crippen LogP contribution in [0.5, 0.6) is 0 Å². The maximum absolute atomic E-state index is 9.35. The van der Waals surface area contributed by atoms with E-state index >= 15 is 0 Å². The van der Waals surface area contributed by atoms with E-state index in [0.29, 0.717) is 0 Å². The fraction of sp³-hybridized carbons (Fsp3) is 0.333. The van der Waals surface area contributed by atoms with E-state index in [1.165, 1.54) is 12.7 Å². The highest BCUT2D eigenvalue weighted by Gasteiger charge is 1.72. The minimum Gasteiger partial charge on any atom is -0.426 e. The molecule has 0 spiro atoms. The van der Waals surface area contributed by atoms with Crippen molar-refractivity contribution < 1.29 is 9.53 Å². The molecule has 0 bridgehead atoms. The van der Waals surface area contributed by atoms with Crippen LogP contribution in [-0.2, 0) is 9.53 Å². The Hall–Kier alpha value is -0.790. The van der Waals surface area contributed by atoms with Gasteiger partial charge in [0.1, 0.15) is 0 Å². The van der Waals surface area contributed by atoms with Gasteiger partial charge in [-0.2, -0.15) is 0 Å². The van der Waals surface area contributed by atoms with Crippen molar-refractivity contribution >= 4 is 6.47 Å². The Morgan fingerprint density at radius 1 is 1.75 bits per heavy atom. The van der Waals surface area contributed by atoms with Gasteiger partial charge in [0.25, 0.3) is 0 Å². The quantitative estimate of drug-likeness (QED) is 0.511. The summed E-state index contributed by atoms with van der Waals surface area (Å²) in [4.78, 5) is 9.35. The number of ether oxygens (including phenoxy) is 1. The van der Waals surface area contributed by atoms with E-state index in [1.54, 1.807) is 6.08 Å². The van der Waals surface area contributed by atoms with Crippen LogP contribution in [0, 0.1) is 6.92 Å². The predicted molar refractivity (Wildman–Crippen MR) is 30.5 cm³/mol. The number of allylic oxidation sites excluding steroid dienone is 1. The van der Waals surface area contributed by atoms with Crippen LogP contribution in [0.4, 0.5) is 0 Å². The molecule has 0 aliphatic carbocycles. The van der Waals surface area contributed by atoms with Crippen LogP contribution in [0.3, 0.4) is 0 Å². The van der Waals surface area contributed by atoms with E-state index < -0.39 is 0 Å². The van der Waals surface area contributed by atoms with E-state index in [2.05, 4.69) is 11.7 Å². The molecule has 2 nitrogen and oxygen atoms in total. The third kappa shape index (κ3) is 5.21. The molecule has 0 aromatic rings. The molecular formula is C6H8O2. The molecular weight excluding hydrogens is 104 g/mol. The average molecular weight is 112 g/mol. The first kappa shape index (κ1) is 7.21. The zero-order valence-electron chi connectivity index (χ0n) is 4.59. The summed E-state index contributed by atoms with van der Waals surface area (Å²) in [5, 5.41) is 0. The van der Waals surface area contributed by atoms with Crippen molar-refractivity contribution in [1.82, 2.24) is 0 Å². The molecule has 0 fully saturated rings. The SMILES string of the molecule is [CH2]CCC=CO[C]=O. The van der Waals surface area contributed by atoms with Crippen molar-refractivity contribution in [2.45, 2.75) is 12.8 Å². The fourth-order valence-corrected chi connectivity index (χ4v) is 0.262. The Bertz CT molecular complexity index is 76.6. The molecule has 44 valence electrons. The van der Waals surface area contributed by atoms with Crippen molar-refractivity contribution in [2.75, 3.05) is 0 Å². The maximum Gasteiger partial charge on any atom is 0.422 e. The van der Waals surface area contributed by atoms with E-state index in [-0.39, 0.29) is 0 Å². The highest BCUT2D eigenvalue weighted by molar-refractivity contribution is 5.39. The number of unbranched alkanes of at least 4 members (excludes halogenated alkanes) is 1. The number of hydrogen-bond donors (Lipinski definition) is 0. The molecule has 0 unspecified atom stereocenters. The summed E-state index contributed by atoms with van der Waals surface area (Å²) in [6, 6.07) is 0. The van der Waals surface area contributed by atoms with Crippen LogP contribution in [0.1, 0.15) is 12.8 Å². The third-order valence-electron chi connectivity index (χ3n) is 0.583. The molecule has 0 amide bonds. The average Bonchev–Trinajstić information content (AvgIpc) is 1.81.